The Bertz CT molecular complexity index is 789. The molecule has 2 heterocycles. The zero-order valence-electron chi connectivity index (χ0n) is 14.2. The minimum absolute atomic E-state index is 0.0646. The molecule has 0 spiro atoms. The second kappa shape index (κ2) is 7.23. The van der Waals surface area contributed by atoms with E-state index < -0.39 is 6.04 Å². The number of aromatic hydroxyl groups is 1. The molecule has 2 amide bonds. The van der Waals surface area contributed by atoms with Crippen molar-refractivity contribution in [1.82, 2.24) is 15.2 Å². The van der Waals surface area contributed by atoms with Gasteiger partial charge < -0.3 is 15.3 Å². The summed E-state index contributed by atoms with van der Waals surface area (Å²) in [5.74, 6) is -0.555. The van der Waals surface area contributed by atoms with Gasteiger partial charge in [0.2, 0.25) is 5.91 Å². The number of aryl methyl sites for hydroxylation is 1. The van der Waals surface area contributed by atoms with Crippen LogP contribution < -0.4 is 5.32 Å². The molecule has 1 fully saturated rings. The standard InChI is InChI=1S/C18H21N3O3S/c1-11-10-25-17(19-11)12(2)20-16(23)14-7-5-9-21(14)18(24)13-6-3-4-8-15(13)22/h3-4,6,8,10,12,14,22H,5,7,9H2,1-2H3,(H,20,23). The molecule has 2 atom stereocenters. The molecule has 0 radical (unpaired) electrons. The monoisotopic (exact) mass is 359 g/mol. The van der Waals surface area contributed by atoms with Crippen LogP contribution in [-0.4, -0.2) is 39.4 Å². The molecular formula is C18H21N3O3S. The van der Waals surface area contributed by atoms with Gasteiger partial charge in [-0.1, -0.05) is 12.1 Å². The van der Waals surface area contributed by atoms with Gasteiger partial charge in [-0.3, -0.25) is 9.59 Å². The van der Waals surface area contributed by atoms with Crippen molar-refractivity contribution in [3.8, 4) is 5.75 Å². The first-order valence-electron chi connectivity index (χ1n) is 8.28. The predicted molar refractivity (Wildman–Crippen MR) is 95.6 cm³/mol. The first-order valence-corrected chi connectivity index (χ1v) is 9.16. The zero-order valence-corrected chi connectivity index (χ0v) is 15.0. The van der Waals surface area contributed by atoms with Gasteiger partial charge >= 0.3 is 0 Å². The lowest BCUT2D eigenvalue weighted by Gasteiger charge is -2.25. The topological polar surface area (TPSA) is 82.5 Å². The van der Waals surface area contributed by atoms with Gasteiger partial charge in [0.15, 0.2) is 0 Å². The number of benzene rings is 1. The summed E-state index contributed by atoms with van der Waals surface area (Å²) in [6, 6.07) is 5.70. The molecule has 1 aromatic heterocycles. The maximum Gasteiger partial charge on any atom is 0.258 e. The van der Waals surface area contributed by atoms with Crippen LogP contribution in [0.25, 0.3) is 0 Å². The van der Waals surface area contributed by atoms with E-state index in [0.717, 1.165) is 17.1 Å². The number of nitrogens with one attached hydrogen (secondary N) is 1. The largest absolute Gasteiger partial charge is 0.507 e. The van der Waals surface area contributed by atoms with Crippen LogP contribution in [-0.2, 0) is 4.79 Å². The maximum atomic E-state index is 12.7. The zero-order chi connectivity index (χ0) is 18.0. The number of likely N-dealkylation sites (tertiary alicyclic amines) is 1. The summed E-state index contributed by atoms with van der Waals surface area (Å²) in [6.07, 6.45) is 1.39. The number of aromatic nitrogens is 1. The van der Waals surface area contributed by atoms with Crippen molar-refractivity contribution < 1.29 is 14.7 Å². The van der Waals surface area contributed by atoms with Gasteiger partial charge in [0.25, 0.3) is 5.91 Å². The molecule has 6 nitrogen and oxygen atoms in total. The van der Waals surface area contributed by atoms with Crippen molar-refractivity contribution in [2.45, 2.75) is 38.8 Å². The molecule has 0 bridgehead atoms. The molecule has 0 saturated carbocycles. The Morgan fingerprint density at radius 3 is 2.84 bits per heavy atom. The van der Waals surface area contributed by atoms with Crippen molar-refractivity contribution in [3.05, 3.63) is 45.9 Å². The van der Waals surface area contributed by atoms with Crippen LogP contribution in [0.4, 0.5) is 0 Å². The Kier molecular flexibility index (Phi) is 5.03. The number of phenols is 1. The SMILES string of the molecule is Cc1csc(C(C)NC(=O)C2CCCN2C(=O)c2ccccc2O)n1. The number of para-hydroxylation sites is 1. The molecule has 1 aliphatic heterocycles. The van der Waals surface area contributed by atoms with Crippen LogP contribution in [0.1, 0.15) is 46.9 Å². The van der Waals surface area contributed by atoms with Crippen LogP contribution >= 0.6 is 11.3 Å². The van der Waals surface area contributed by atoms with E-state index in [4.69, 9.17) is 0 Å². The van der Waals surface area contributed by atoms with Crippen LogP contribution in [0.2, 0.25) is 0 Å². The van der Waals surface area contributed by atoms with Gasteiger partial charge in [-0.25, -0.2) is 4.98 Å². The van der Waals surface area contributed by atoms with E-state index in [-0.39, 0.29) is 29.2 Å². The average Bonchev–Trinajstić information content (AvgIpc) is 3.23. The molecule has 2 N–H and O–H groups in total. The Morgan fingerprint density at radius 1 is 1.40 bits per heavy atom. The van der Waals surface area contributed by atoms with E-state index in [2.05, 4.69) is 10.3 Å². The van der Waals surface area contributed by atoms with Crippen molar-refractivity contribution in [3.63, 3.8) is 0 Å². The Morgan fingerprint density at radius 2 is 2.16 bits per heavy atom. The van der Waals surface area contributed by atoms with Gasteiger partial charge in [0, 0.05) is 17.6 Å². The molecule has 132 valence electrons. The van der Waals surface area contributed by atoms with Crippen LogP contribution in [0.3, 0.4) is 0 Å². The normalized spacial score (nSPS) is 18.2. The molecule has 2 unspecified atom stereocenters. The second-order valence-electron chi connectivity index (χ2n) is 6.23. The number of carbonyl (C=O) groups is 2. The third-order valence-corrected chi connectivity index (χ3v) is 5.46. The fourth-order valence-electron chi connectivity index (χ4n) is 3.03. The van der Waals surface area contributed by atoms with E-state index in [0.29, 0.717) is 13.0 Å². The molecular weight excluding hydrogens is 338 g/mol. The summed E-state index contributed by atoms with van der Waals surface area (Å²) < 4.78 is 0. The molecule has 1 aliphatic rings. The first kappa shape index (κ1) is 17.4. The van der Waals surface area contributed by atoms with Gasteiger partial charge in [-0.2, -0.15) is 0 Å². The third kappa shape index (κ3) is 3.66. The van der Waals surface area contributed by atoms with Crippen molar-refractivity contribution in [1.29, 1.82) is 0 Å². The molecule has 2 aromatic rings. The summed E-state index contributed by atoms with van der Waals surface area (Å²) in [5.41, 5.74) is 1.16. The minimum Gasteiger partial charge on any atom is -0.507 e. The van der Waals surface area contributed by atoms with E-state index in [1.807, 2.05) is 19.2 Å². The van der Waals surface area contributed by atoms with Gasteiger partial charge in [-0.05, 0) is 38.8 Å². The minimum atomic E-state index is -0.518. The third-order valence-electron chi connectivity index (χ3n) is 4.32. The predicted octanol–water partition coefficient (Wildman–Crippen LogP) is 2.64. The number of nitrogens with zero attached hydrogens (tertiary/aromatic N) is 2. The van der Waals surface area contributed by atoms with Gasteiger partial charge in [0.1, 0.15) is 16.8 Å². The van der Waals surface area contributed by atoms with Gasteiger partial charge in [0.05, 0.1) is 11.6 Å². The van der Waals surface area contributed by atoms with E-state index in [9.17, 15) is 14.7 Å². The summed E-state index contributed by atoms with van der Waals surface area (Å²) in [7, 11) is 0. The van der Waals surface area contributed by atoms with Crippen LogP contribution in [0.15, 0.2) is 29.6 Å². The van der Waals surface area contributed by atoms with Crippen LogP contribution in [0, 0.1) is 6.92 Å². The average molecular weight is 359 g/mol. The summed E-state index contributed by atoms with van der Waals surface area (Å²) in [4.78, 5) is 31.3. The lowest BCUT2D eigenvalue weighted by atomic mass is 10.1. The Hall–Kier alpha value is -2.41. The number of carbonyl (C=O) groups excluding carboxylic acids is 2. The van der Waals surface area contributed by atoms with Crippen LogP contribution in [0.5, 0.6) is 5.75 Å². The Labute approximate surface area is 150 Å². The van der Waals surface area contributed by atoms with Crippen molar-refractivity contribution in [2.24, 2.45) is 0 Å². The summed E-state index contributed by atoms with van der Waals surface area (Å²) >= 11 is 1.51. The molecule has 25 heavy (non-hydrogen) atoms. The molecule has 1 aromatic carbocycles. The number of hydrogen-bond acceptors (Lipinski definition) is 5. The fourth-order valence-corrected chi connectivity index (χ4v) is 3.84. The number of amides is 2. The fraction of sp³-hybridized carbons (Fsp3) is 0.389. The van der Waals surface area contributed by atoms with E-state index in [1.165, 1.54) is 17.4 Å². The van der Waals surface area contributed by atoms with E-state index >= 15 is 0 Å². The number of phenolic OH excluding ortho intramolecular Hbond substituents is 1. The molecule has 1 saturated heterocycles. The quantitative estimate of drug-likeness (QED) is 0.879. The highest BCUT2D eigenvalue weighted by Crippen LogP contribution is 2.25. The summed E-state index contributed by atoms with van der Waals surface area (Å²) in [6.45, 7) is 4.31. The van der Waals surface area contributed by atoms with Crippen molar-refractivity contribution in [2.75, 3.05) is 6.54 Å². The second-order valence-corrected chi connectivity index (χ2v) is 7.12. The van der Waals surface area contributed by atoms with Crippen molar-refractivity contribution >= 4 is 23.2 Å². The molecule has 3 rings (SSSR count). The highest BCUT2D eigenvalue weighted by molar-refractivity contribution is 7.09. The maximum absolute atomic E-state index is 12.7. The number of thiazole rings is 1. The smallest absolute Gasteiger partial charge is 0.258 e. The summed E-state index contributed by atoms with van der Waals surface area (Å²) in [5, 5.41) is 15.7. The van der Waals surface area contributed by atoms with E-state index in [1.54, 1.807) is 23.1 Å². The number of rotatable bonds is 4. The number of hydrogen-bond donors (Lipinski definition) is 2. The highest BCUT2D eigenvalue weighted by Gasteiger charge is 2.35. The lowest BCUT2D eigenvalue weighted by molar-refractivity contribution is -0.125. The molecule has 7 heteroatoms. The van der Waals surface area contributed by atoms with Gasteiger partial charge in [-0.15, -0.1) is 11.3 Å². The lowest BCUT2D eigenvalue weighted by Crippen LogP contribution is -2.46. The first-order chi connectivity index (χ1) is 12.0. The molecule has 0 aliphatic carbocycles. The highest BCUT2D eigenvalue weighted by atomic mass is 32.1. The Balaban J connectivity index is 1.71.